The maximum Gasteiger partial charge on any atom is 0.170 e. The molecule has 1 saturated carbocycles. The van der Waals surface area contributed by atoms with Gasteiger partial charge in [0.15, 0.2) is 9.84 Å². The smallest absolute Gasteiger partial charge is 0.170 e. The molecule has 0 bridgehead atoms. The van der Waals surface area contributed by atoms with Crippen LogP contribution in [0.4, 0.5) is 0 Å². The molecule has 0 aromatic carbocycles. The Labute approximate surface area is 107 Å². The fourth-order valence-corrected chi connectivity index (χ4v) is 10.3. The van der Waals surface area contributed by atoms with Gasteiger partial charge in [-0.2, -0.15) is 0 Å². The molecular formula is C11H30N2Si3. The summed E-state index contributed by atoms with van der Waals surface area (Å²) in [5, 5.41) is 0. The van der Waals surface area contributed by atoms with E-state index in [0.717, 1.165) is 6.04 Å². The summed E-state index contributed by atoms with van der Waals surface area (Å²) in [6, 6.07) is 0.886. The molecule has 96 valence electrons. The van der Waals surface area contributed by atoms with Gasteiger partial charge in [-0.05, 0) is 25.2 Å². The van der Waals surface area contributed by atoms with Gasteiger partial charge in [-0.15, -0.1) is 0 Å². The van der Waals surface area contributed by atoms with E-state index in [9.17, 15) is 0 Å². The minimum Gasteiger partial charge on any atom is -0.328 e. The highest BCUT2D eigenvalue weighted by molar-refractivity contribution is 6.59. The van der Waals surface area contributed by atoms with Gasteiger partial charge in [-0.25, -0.2) is 0 Å². The lowest BCUT2D eigenvalue weighted by Crippen LogP contribution is -2.48. The van der Waals surface area contributed by atoms with Crippen molar-refractivity contribution < 1.29 is 0 Å². The molecule has 1 N–H and O–H groups in total. The maximum absolute atomic E-state index is 3.90. The molecule has 2 nitrogen and oxygen atoms in total. The molecule has 0 unspecified atom stereocenters. The molecule has 0 radical (unpaired) electrons. The summed E-state index contributed by atoms with van der Waals surface area (Å²) in [4.78, 5) is 3.90. The molecule has 0 aromatic rings. The van der Waals surface area contributed by atoms with Crippen molar-refractivity contribution in [2.75, 3.05) is 12.3 Å². The van der Waals surface area contributed by atoms with Crippen molar-refractivity contribution in [2.45, 2.75) is 57.9 Å². The zero-order chi connectivity index (χ0) is 12.0. The molecule has 1 aliphatic rings. The predicted octanol–water partition coefficient (Wildman–Crippen LogP) is 0.871. The summed E-state index contributed by atoms with van der Waals surface area (Å²) < 4.78 is 2.84. The van der Waals surface area contributed by atoms with E-state index in [1.807, 2.05) is 0 Å². The quantitative estimate of drug-likeness (QED) is 0.693. The van der Waals surface area contributed by atoms with Crippen LogP contribution in [-0.2, 0) is 0 Å². The van der Waals surface area contributed by atoms with Crippen molar-refractivity contribution in [3.8, 4) is 0 Å². The Morgan fingerprint density at radius 1 is 1.06 bits per heavy atom. The van der Waals surface area contributed by atoms with Gasteiger partial charge in [0.05, 0.1) is 0 Å². The van der Waals surface area contributed by atoms with Crippen LogP contribution in [0.25, 0.3) is 0 Å². The molecule has 1 fully saturated rings. The van der Waals surface area contributed by atoms with Crippen LogP contribution >= 0.6 is 0 Å². The van der Waals surface area contributed by atoms with Gasteiger partial charge in [0.2, 0.25) is 0 Å². The zero-order valence-corrected chi connectivity index (χ0v) is 15.4. The summed E-state index contributed by atoms with van der Waals surface area (Å²) in [5.41, 5.74) is 0. The summed E-state index contributed by atoms with van der Waals surface area (Å²) in [6.07, 6.45) is 8.72. The number of rotatable bonds is 7. The molecule has 0 heterocycles. The molecule has 0 spiro atoms. The van der Waals surface area contributed by atoms with Gasteiger partial charge >= 0.3 is 0 Å². The van der Waals surface area contributed by atoms with Crippen LogP contribution in [-0.4, -0.2) is 50.4 Å². The van der Waals surface area contributed by atoms with Crippen molar-refractivity contribution in [1.82, 2.24) is 9.55 Å². The Balaban J connectivity index is 2.24. The lowest BCUT2D eigenvalue weighted by atomic mass is 10.3. The van der Waals surface area contributed by atoms with E-state index in [4.69, 9.17) is 0 Å². The van der Waals surface area contributed by atoms with E-state index in [-0.39, 0.29) is 9.84 Å². The van der Waals surface area contributed by atoms with Crippen molar-refractivity contribution in [3.05, 3.63) is 0 Å². The largest absolute Gasteiger partial charge is 0.328 e. The Morgan fingerprint density at radius 3 is 2.00 bits per heavy atom. The Hall–Kier alpha value is 0.571. The maximum atomic E-state index is 3.90. The van der Waals surface area contributed by atoms with Crippen LogP contribution in [0.3, 0.4) is 0 Å². The third-order valence-electron chi connectivity index (χ3n) is 3.21. The third kappa shape index (κ3) is 6.34. The van der Waals surface area contributed by atoms with Crippen molar-refractivity contribution in [2.24, 2.45) is 0 Å². The Kier molecular flexibility index (Phi) is 7.14. The highest BCUT2D eigenvalue weighted by atomic mass is 28.3. The molecule has 1 rings (SSSR count). The SMILES string of the molecule is C[SiH](C)CN(C[SiH](C)C)[SiH2]NC1CCCC1. The van der Waals surface area contributed by atoms with E-state index in [1.54, 1.807) is 0 Å². The molecule has 0 saturated heterocycles. The fourth-order valence-electron chi connectivity index (χ4n) is 2.62. The van der Waals surface area contributed by atoms with E-state index in [2.05, 4.69) is 35.7 Å². The van der Waals surface area contributed by atoms with E-state index < -0.39 is 17.6 Å². The van der Waals surface area contributed by atoms with Gasteiger partial charge in [-0.3, -0.25) is 0 Å². The van der Waals surface area contributed by atoms with Crippen LogP contribution < -0.4 is 4.98 Å². The molecule has 1 aliphatic carbocycles. The second-order valence-electron chi connectivity index (χ2n) is 6.17. The second-order valence-corrected chi connectivity index (χ2v) is 14.1. The van der Waals surface area contributed by atoms with Crippen LogP contribution in [0.2, 0.25) is 26.2 Å². The standard InChI is InChI=1S/C11H30N2Si3/c1-15(2)9-13(10-16(3)4)14-12-11-7-5-6-8-11/h11-12,15-16H,5-10,14H2,1-4H3. The summed E-state index contributed by atoms with van der Waals surface area (Å²) in [6.45, 7) is 9.94. The van der Waals surface area contributed by atoms with Gasteiger partial charge in [0, 0.05) is 23.6 Å². The normalized spacial score (nSPS) is 18.9. The van der Waals surface area contributed by atoms with E-state index in [1.165, 1.54) is 38.0 Å². The molecule has 0 amide bonds. The number of hydrogen-bond donors (Lipinski definition) is 1. The van der Waals surface area contributed by atoms with Crippen LogP contribution in [0.1, 0.15) is 25.7 Å². The minimum atomic E-state index is -0.410. The first kappa shape index (κ1) is 14.6. The average molecular weight is 275 g/mol. The lowest BCUT2D eigenvalue weighted by Gasteiger charge is -2.27. The first-order valence-corrected chi connectivity index (χ1v) is 14.6. The lowest BCUT2D eigenvalue weighted by molar-refractivity contribution is 0.543. The van der Waals surface area contributed by atoms with Gasteiger partial charge in [0.25, 0.3) is 0 Å². The van der Waals surface area contributed by atoms with E-state index in [0.29, 0.717) is 0 Å². The first-order valence-electron chi connectivity index (χ1n) is 7.03. The van der Waals surface area contributed by atoms with Gasteiger partial charge in [-0.1, -0.05) is 39.0 Å². The molecular weight excluding hydrogens is 244 g/mol. The average Bonchev–Trinajstić information content (AvgIpc) is 2.64. The highest BCUT2D eigenvalue weighted by Crippen LogP contribution is 2.17. The highest BCUT2D eigenvalue weighted by Gasteiger charge is 2.16. The summed E-state index contributed by atoms with van der Waals surface area (Å²) in [7, 11) is -0.956. The van der Waals surface area contributed by atoms with Crippen molar-refractivity contribution >= 4 is 27.4 Å². The zero-order valence-electron chi connectivity index (χ0n) is 11.6. The van der Waals surface area contributed by atoms with Crippen molar-refractivity contribution in [3.63, 3.8) is 0 Å². The predicted molar refractivity (Wildman–Crippen MR) is 83.3 cm³/mol. The number of nitrogens with one attached hydrogen (secondary N) is 1. The fraction of sp³-hybridized carbons (Fsp3) is 1.00. The summed E-state index contributed by atoms with van der Waals surface area (Å²) >= 11 is 0. The third-order valence-corrected chi connectivity index (χ3v) is 8.46. The van der Waals surface area contributed by atoms with E-state index >= 15 is 0 Å². The van der Waals surface area contributed by atoms with Crippen LogP contribution in [0.15, 0.2) is 0 Å². The Morgan fingerprint density at radius 2 is 1.56 bits per heavy atom. The molecule has 0 aromatic heterocycles. The number of nitrogens with zero attached hydrogens (tertiary/aromatic N) is 1. The van der Waals surface area contributed by atoms with Gasteiger partial charge < -0.3 is 9.55 Å². The summed E-state index contributed by atoms with van der Waals surface area (Å²) in [5.74, 6) is 0. The minimum absolute atomic E-state index is 0.137. The molecule has 0 aliphatic heterocycles. The molecule has 16 heavy (non-hydrogen) atoms. The van der Waals surface area contributed by atoms with Crippen LogP contribution in [0.5, 0.6) is 0 Å². The monoisotopic (exact) mass is 274 g/mol. The topological polar surface area (TPSA) is 15.3 Å². The Bertz CT molecular complexity index is 172. The van der Waals surface area contributed by atoms with Crippen LogP contribution in [0, 0.1) is 0 Å². The second kappa shape index (κ2) is 7.81. The first-order chi connectivity index (χ1) is 7.58. The van der Waals surface area contributed by atoms with Gasteiger partial charge in [0.1, 0.15) is 0 Å². The number of hydrogen-bond acceptors (Lipinski definition) is 2. The molecule has 5 heteroatoms. The molecule has 0 atom stereocenters. The van der Waals surface area contributed by atoms with Crippen molar-refractivity contribution in [1.29, 1.82) is 0 Å².